The van der Waals surface area contributed by atoms with E-state index in [2.05, 4.69) is 146 Å². The van der Waals surface area contributed by atoms with Crippen LogP contribution in [0.5, 0.6) is 0 Å². The molecule has 9 aromatic rings. The maximum Gasteiger partial charge on any atom is 0.136 e. The van der Waals surface area contributed by atoms with Crippen molar-refractivity contribution >= 4 is 54.3 Å². The fourth-order valence-corrected chi connectivity index (χ4v) is 6.92. The zero-order valence-corrected chi connectivity index (χ0v) is 23.4. The second-order valence-corrected chi connectivity index (χ2v) is 11.3. The van der Waals surface area contributed by atoms with Crippen LogP contribution in [0.4, 0.5) is 0 Å². The Kier molecular flexibility index (Phi) is 5.27. The molecule has 0 N–H and O–H groups in total. The van der Waals surface area contributed by atoms with Crippen LogP contribution in [0, 0.1) is 0 Å². The molecule has 0 unspecified atom stereocenters. The Labute approximate surface area is 249 Å². The van der Waals surface area contributed by atoms with Gasteiger partial charge in [-0.25, -0.2) is 0 Å². The normalized spacial score (nSPS) is 11.7. The summed E-state index contributed by atoms with van der Waals surface area (Å²) < 4.78 is 6.20. The Hall–Kier alpha value is -5.66. The first-order chi connectivity index (χ1) is 21.3. The van der Waals surface area contributed by atoms with E-state index in [4.69, 9.17) is 4.42 Å². The Bertz CT molecular complexity index is 2440. The van der Waals surface area contributed by atoms with Gasteiger partial charge in [-0.15, -0.1) is 0 Å². The summed E-state index contributed by atoms with van der Waals surface area (Å²) in [6.07, 6.45) is 0. The highest BCUT2D eigenvalue weighted by molar-refractivity contribution is 6.23. The quantitative estimate of drug-likeness (QED) is 0.201. The van der Waals surface area contributed by atoms with Gasteiger partial charge in [0.2, 0.25) is 0 Å². The molecular weight excluding hydrogens is 520 g/mol. The standard InChI is InChI=1S/C42H26O/c1-2-11-27(12-3-1)41-35-15-4-6-17-37(35)42(38-18-7-5-16-36(38)41)34-19-10-13-30-25-28(21-23-31(30)34)29-22-24-33-32-14-8-9-20-39(32)43-40(33)26-29/h1-26H. The van der Waals surface area contributed by atoms with E-state index in [1.54, 1.807) is 0 Å². The smallest absolute Gasteiger partial charge is 0.136 e. The van der Waals surface area contributed by atoms with Crippen molar-refractivity contribution in [2.45, 2.75) is 0 Å². The van der Waals surface area contributed by atoms with Crippen LogP contribution in [0.15, 0.2) is 162 Å². The van der Waals surface area contributed by atoms with Gasteiger partial charge in [0, 0.05) is 10.8 Å². The summed E-state index contributed by atoms with van der Waals surface area (Å²) >= 11 is 0. The van der Waals surface area contributed by atoms with Crippen molar-refractivity contribution in [3.05, 3.63) is 158 Å². The molecule has 0 aliphatic heterocycles. The van der Waals surface area contributed by atoms with Gasteiger partial charge in [0.15, 0.2) is 0 Å². The molecule has 0 aliphatic rings. The summed E-state index contributed by atoms with van der Waals surface area (Å²) in [5.74, 6) is 0. The molecule has 1 aromatic heterocycles. The number of hydrogen-bond acceptors (Lipinski definition) is 1. The summed E-state index contributed by atoms with van der Waals surface area (Å²) in [7, 11) is 0. The van der Waals surface area contributed by atoms with Crippen LogP contribution in [0.1, 0.15) is 0 Å². The fourth-order valence-electron chi connectivity index (χ4n) is 6.92. The van der Waals surface area contributed by atoms with Crippen LogP contribution in [0.2, 0.25) is 0 Å². The van der Waals surface area contributed by atoms with Gasteiger partial charge in [-0.2, -0.15) is 0 Å². The maximum absolute atomic E-state index is 6.20. The number of furan rings is 1. The fraction of sp³-hybridized carbons (Fsp3) is 0. The molecule has 43 heavy (non-hydrogen) atoms. The molecule has 1 heteroatoms. The lowest BCUT2D eigenvalue weighted by atomic mass is 9.84. The lowest BCUT2D eigenvalue weighted by Gasteiger charge is -2.19. The molecular formula is C42H26O. The molecule has 1 heterocycles. The van der Waals surface area contributed by atoms with Gasteiger partial charge in [0.25, 0.3) is 0 Å². The monoisotopic (exact) mass is 546 g/mol. The van der Waals surface area contributed by atoms with Crippen LogP contribution in [0.3, 0.4) is 0 Å². The highest BCUT2D eigenvalue weighted by atomic mass is 16.3. The van der Waals surface area contributed by atoms with Crippen molar-refractivity contribution in [1.82, 2.24) is 0 Å². The van der Waals surface area contributed by atoms with E-state index in [-0.39, 0.29) is 0 Å². The van der Waals surface area contributed by atoms with Crippen LogP contribution >= 0.6 is 0 Å². The van der Waals surface area contributed by atoms with Crippen LogP contribution < -0.4 is 0 Å². The van der Waals surface area contributed by atoms with E-state index in [0.29, 0.717) is 0 Å². The first-order valence-electron chi connectivity index (χ1n) is 14.8. The lowest BCUT2D eigenvalue weighted by molar-refractivity contribution is 0.669. The molecule has 200 valence electrons. The van der Waals surface area contributed by atoms with Gasteiger partial charge in [0.1, 0.15) is 11.2 Å². The van der Waals surface area contributed by atoms with E-state index in [1.165, 1.54) is 60.1 Å². The second-order valence-electron chi connectivity index (χ2n) is 11.3. The molecule has 0 bridgehead atoms. The summed E-state index contributed by atoms with van der Waals surface area (Å²) in [5.41, 5.74) is 9.25. The van der Waals surface area contributed by atoms with Gasteiger partial charge >= 0.3 is 0 Å². The Morgan fingerprint density at radius 2 is 0.860 bits per heavy atom. The van der Waals surface area contributed by atoms with Gasteiger partial charge < -0.3 is 4.42 Å². The Morgan fingerprint density at radius 3 is 1.58 bits per heavy atom. The van der Waals surface area contributed by atoms with Crippen molar-refractivity contribution in [2.24, 2.45) is 0 Å². The molecule has 0 amide bonds. The van der Waals surface area contributed by atoms with Crippen LogP contribution in [-0.4, -0.2) is 0 Å². The molecule has 0 spiro atoms. The average Bonchev–Trinajstić information content (AvgIpc) is 3.45. The third kappa shape index (κ3) is 3.72. The summed E-state index contributed by atoms with van der Waals surface area (Å²) in [6, 6.07) is 56.8. The van der Waals surface area contributed by atoms with Crippen LogP contribution in [-0.2, 0) is 0 Å². The zero-order valence-electron chi connectivity index (χ0n) is 23.4. The van der Waals surface area contributed by atoms with Gasteiger partial charge in [-0.3, -0.25) is 0 Å². The summed E-state index contributed by atoms with van der Waals surface area (Å²) in [4.78, 5) is 0. The minimum atomic E-state index is 0.920. The number of rotatable bonds is 3. The van der Waals surface area contributed by atoms with Gasteiger partial charge in [-0.1, -0.05) is 133 Å². The van der Waals surface area contributed by atoms with Crippen molar-refractivity contribution < 1.29 is 4.42 Å². The maximum atomic E-state index is 6.20. The topological polar surface area (TPSA) is 13.1 Å². The second kappa shape index (κ2) is 9.44. The molecule has 0 atom stereocenters. The van der Waals surface area contributed by atoms with Crippen molar-refractivity contribution in [2.75, 3.05) is 0 Å². The molecule has 0 aliphatic carbocycles. The zero-order chi connectivity index (χ0) is 28.3. The number of para-hydroxylation sites is 1. The predicted octanol–water partition coefficient (Wildman–Crippen LogP) is 12.0. The SMILES string of the molecule is c1ccc(-c2c3ccccc3c(-c3cccc4cc(-c5ccc6c(c5)oc5ccccc56)ccc34)c3ccccc23)cc1. The molecule has 9 rings (SSSR count). The molecule has 0 saturated heterocycles. The highest BCUT2D eigenvalue weighted by Gasteiger charge is 2.18. The van der Waals surface area contributed by atoms with Gasteiger partial charge in [0.05, 0.1) is 0 Å². The van der Waals surface area contributed by atoms with Crippen molar-refractivity contribution in [1.29, 1.82) is 0 Å². The third-order valence-electron chi connectivity index (χ3n) is 8.86. The molecule has 0 radical (unpaired) electrons. The number of hydrogen-bond donors (Lipinski definition) is 0. The lowest BCUT2D eigenvalue weighted by Crippen LogP contribution is -1.91. The minimum absolute atomic E-state index is 0.920. The molecule has 0 saturated carbocycles. The van der Waals surface area contributed by atoms with E-state index in [0.717, 1.165) is 27.5 Å². The van der Waals surface area contributed by atoms with Crippen molar-refractivity contribution in [3.63, 3.8) is 0 Å². The van der Waals surface area contributed by atoms with E-state index in [9.17, 15) is 0 Å². The first-order valence-corrected chi connectivity index (χ1v) is 14.8. The molecule has 1 nitrogen and oxygen atoms in total. The van der Waals surface area contributed by atoms with Gasteiger partial charge in [-0.05, 0) is 90.0 Å². The number of fused-ring (bicyclic) bond motifs is 6. The van der Waals surface area contributed by atoms with Crippen LogP contribution in [0.25, 0.3) is 87.6 Å². The van der Waals surface area contributed by atoms with Crippen molar-refractivity contribution in [3.8, 4) is 33.4 Å². The third-order valence-corrected chi connectivity index (χ3v) is 8.86. The van der Waals surface area contributed by atoms with E-state index in [1.807, 2.05) is 12.1 Å². The summed E-state index contributed by atoms with van der Waals surface area (Å²) in [5, 5.41) is 9.87. The molecule has 0 fully saturated rings. The molecule has 8 aromatic carbocycles. The average molecular weight is 547 g/mol. The number of benzene rings is 8. The predicted molar refractivity (Wildman–Crippen MR) is 183 cm³/mol. The summed E-state index contributed by atoms with van der Waals surface area (Å²) in [6.45, 7) is 0. The first kappa shape index (κ1) is 24.0. The Morgan fingerprint density at radius 1 is 0.302 bits per heavy atom. The highest BCUT2D eigenvalue weighted by Crippen LogP contribution is 2.45. The minimum Gasteiger partial charge on any atom is -0.456 e. The van der Waals surface area contributed by atoms with E-state index < -0.39 is 0 Å². The Balaban J connectivity index is 1.27. The largest absolute Gasteiger partial charge is 0.456 e. The van der Waals surface area contributed by atoms with E-state index >= 15 is 0 Å².